The summed E-state index contributed by atoms with van der Waals surface area (Å²) in [6, 6.07) is 11.7. The minimum Gasteiger partial charge on any atom is -0.340 e. The number of nitrogens with zero attached hydrogens (tertiary/aromatic N) is 3. The molecule has 3 nitrogen and oxygen atoms in total. The van der Waals surface area contributed by atoms with E-state index in [2.05, 4.69) is 4.90 Å². The van der Waals surface area contributed by atoms with Crippen LogP contribution in [0, 0.1) is 0 Å². The van der Waals surface area contributed by atoms with Crippen molar-refractivity contribution < 1.29 is 17.3 Å². The highest BCUT2D eigenvalue weighted by atomic mass is 32.2. The summed E-state index contributed by atoms with van der Waals surface area (Å²) in [7, 11) is 0. The molecule has 0 bridgehead atoms. The zero-order valence-electron chi connectivity index (χ0n) is 18.4. The standard InChI is InChI=1S/C21H24F3N3S/c1-25-11-13-26(14-12-25)9-4-10-27-17-5-2-3-6-19(17)28-20-8-7-16(15-18(20)27)21(22,23)24/h2-3,5-8,15H,4,9-14H2,1H3/i1+1D3. The van der Waals surface area contributed by atoms with Gasteiger partial charge in [-0.3, -0.25) is 0 Å². The number of anilines is 2. The minimum absolute atomic E-state index is 0.497. The van der Waals surface area contributed by atoms with Gasteiger partial charge in [-0.05, 0) is 50.3 Å². The summed E-state index contributed by atoms with van der Waals surface area (Å²) >= 11 is 1.49. The number of alkyl halides is 3. The SMILES string of the molecule is [2H][13C]([2H])([2H])N1CCN(CCCN2c3ccccc3Sc3ccc(C(F)(F)F)cc32)CC1. The highest BCUT2D eigenvalue weighted by Crippen LogP contribution is 2.49. The fourth-order valence-electron chi connectivity index (χ4n) is 3.67. The molecule has 0 atom stereocenters. The largest absolute Gasteiger partial charge is 0.416 e. The lowest BCUT2D eigenvalue weighted by atomic mass is 10.1. The van der Waals surface area contributed by atoms with Gasteiger partial charge in [-0.25, -0.2) is 0 Å². The van der Waals surface area contributed by atoms with Gasteiger partial charge < -0.3 is 14.7 Å². The third kappa shape index (κ3) is 4.16. The van der Waals surface area contributed by atoms with Crippen LogP contribution in [0.2, 0.25) is 0 Å². The van der Waals surface area contributed by atoms with Crippen LogP contribution in [0.3, 0.4) is 0 Å². The van der Waals surface area contributed by atoms with Gasteiger partial charge in [0.1, 0.15) is 0 Å². The maximum atomic E-state index is 13.3. The molecule has 0 aromatic heterocycles. The lowest BCUT2D eigenvalue weighted by molar-refractivity contribution is -0.137. The highest BCUT2D eigenvalue weighted by molar-refractivity contribution is 7.99. The number of para-hydroxylation sites is 1. The number of hydrogen-bond acceptors (Lipinski definition) is 4. The van der Waals surface area contributed by atoms with Crippen molar-refractivity contribution in [3.63, 3.8) is 0 Å². The fourth-order valence-corrected chi connectivity index (χ4v) is 4.75. The van der Waals surface area contributed by atoms with Crippen molar-refractivity contribution in [2.24, 2.45) is 0 Å². The molecule has 0 unspecified atom stereocenters. The van der Waals surface area contributed by atoms with E-state index >= 15 is 0 Å². The summed E-state index contributed by atoms with van der Waals surface area (Å²) in [5, 5.41) is 0. The van der Waals surface area contributed by atoms with Gasteiger partial charge in [-0.1, -0.05) is 23.9 Å². The smallest absolute Gasteiger partial charge is 0.340 e. The first-order valence-corrected chi connectivity index (χ1v) is 10.2. The highest BCUT2D eigenvalue weighted by Gasteiger charge is 2.33. The maximum Gasteiger partial charge on any atom is 0.416 e. The first-order chi connectivity index (χ1) is 14.6. The lowest BCUT2D eigenvalue weighted by Crippen LogP contribution is -2.45. The molecule has 0 aliphatic carbocycles. The van der Waals surface area contributed by atoms with Crippen molar-refractivity contribution in [3.8, 4) is 0 Å². The van der Waals surface area contributed by atoms with Crippen molar-refractivity contribution >= 4 is 23.1 Å². The van der Waals surface area contributed by atoms with Crippen LogP contribution in [-0.2, 0) is 6.18 Å². The summed E-state index contributed by atoms with van der Waals surface area (Å²) in [5.41, 5.74) is 0.870. The zero-order chi connectivity index (χ0) is 22.2. The summed E-state index contributed by atoms with van der Waals surface area (Å²) in [4.78, 5) is 7.56. The minimum atomic E-state index is -4.38. The van der Waals surface area contributed by atoms with E-state index in [9.17, 15) is 13.2 Å². The van der Waals surface area contributed by atoms with Crippen molar-refractivity contribution in [1.29, 1.82) is 0 Å². The number of benzene rings is 2. The van der Waals surface area contributed by atoms with Crippen LogP contribution in [0.4, 0.5) is 24.5 Å². The van der Waals surface area contributed by atoms with Gasteiger partial charge in [0, 0.05) is 46.6 Å². The first kappa shape index (κ1) is 16.1. The van der Waals surface area contributed by atoms with Gasteiger partial charge in [0.2, 0.25) is 0 Å². The average molecular weight is 412 g/mol. The molecule has 28 heavy (non-hydrogen) atoms. The Hall–Kier alpha value is -1.70. The molecule has 1 fully saturated rings. The van der Waals surface area contributed by atoms with Crippen LogP contribution >= 0.6 is 11.8 Å². The molecule has 0 N–H and O–H groups in total. The molecule has 1 saturated heterocycles. The van der Waals surface area contributed by atoms with Crippen molar-refractivity contribution in [2.75, 3.05) is 51.1 Å². The van der Waals surface area contributed by atoms with Gasteiger partial charge >= 0.3 is 6.18 Å². The third-order valence-corrected chi connectivity index (χ3v) is 6.31. The molecule has 7 heteroatoms. The fraction of sp³-hybridized carbons (Fsp3) is 0.429. The number of likely N-dealkylation sites (N-methyl/N-ethyl adjacent to an activating group) is 1. The van der Waals surface area contributed by atoms with E-state index in [1.165, 1.54) is 22.7 Å². The molecule has 150 valence electrons. The molecule has 0 saturated carbocycles. The number of piperazine rings is 1. The average Bonchev–Trinajstić information content (AvgIpc) is 2.72. The van der Waals surface area contributed by atoms with Gasteiger partial charge in [0.25, 0.3) is 0 Å². The predicted molar refractivity (Wildman–Crippen MR) is 108 cm³/mol. The number of rotatable bonds is 4. The van der Waals surface area contributed by atoms with E-state index < -0.39 is 18.7 Å². The summed E-state index contributed by atoms with van der Waals surface area (Å²) < 4.78 is 62.5. The molecule has 2 heterocycles. The van der Waals surface area contributed by atoms with E-state index in [0.717, 1.165) is 34.5 Å². The molecule has 0 spiro atoms. The van der Waals surface area contributed by atoms with E-state index in [4.69, 9.17) is 4.11 Å². The number of hydrogen-bond donors (Lipinski definition) is 0. The second kappa shape index (κ2) is 7.97. The van der Waals surface area contributed by atoms with Crippen LogP contribution in [0.5, 0.6) is 0 Å². The molecule has 0 radical (unpaired) electrons. The van der Waals surface area contributed by atoms with E-state index in [-0.39, 0.29) is 0 Å². The quantitative estimate of drug-likeness (QED) is 0.659. The topological polar surface area (TPSA) is 9.72 Å². The van der Waals surface area contributed by atoms with E-state index in [0.29, 0.717) is 38.4 Å². The molecule has 2 aliphatic heterocycles. The van der Waals surface area contributed by atoms with Gasteiger partial charge in [-0.15, -0.1) is 0 Å². The summed E-state index contributed by atoms with van der Waals surface area (Å²) in [5.74, 6) is 0. The molecule has 4 rings (SSSR count). The Morgan fingerprint density at radius 1 is 0.964 bits per heavy atom. The molecular weight excluding hydrogens is 384 g/mol. The second-order valence-corrected chi connectivity index (χ2v) is 8.17. The van der Waals surface area contributed by atoms with Crippen LogP contribution in [0.25, 0.3) is 0 Å². The Bertz CT molecular complexity index is 928. The first-order valence-electron chi connectivity index (χ1n) is 10.9. The Morgan fingerprint density at radius 3 is 2.46 bits per heavy atom. The Kier molecular flexibility index (Phi) is 4.59. The van der Waals surface area contributed by atoms with Crippen LogP contribution in [0.15, 0.2) is 52.3 Å². The molecule has 2 aliphatic rings. The van der Waals surface area contributed by atoms with Crippen molar-refractivity contribution in [2.45, 2.75) is 22.4 Å². The predicted octanol–water partition coefficient (Wildman–Crippen LogP) is 4.95. The Labute approximate surface area is 172 Å². The van der Waals surface area contributed by atoms with Gasteiger partial charge in [0.05, 0.1) is 16.9 Å². The molecule has 0 amide bonds. The third-order valence-electron chi connectivity index (χ3n) is 5.18. The van der Waals surface area contributed by atoms with Crippen LogP contribution in [0.1, 0.15) is 16.1 Å². The maximum absolute atomic E-state index is 13.3. The number of halogens is 3. The second-order valence-electron chi connectivity index (χ2n) is 7.08. The number of fused-ring (bicyclic) bond motifs is 2. The van der Waals surface area contributed by atoms with Gasteiger partial charge in [-0.2, -0.15) is 13.2 Å². The van der Waals surface area contributed by atoms with Crippen LogP contribution in [-0.4, -0.2) is 56.0 Å². The molecule has 2 aromatic rings. The lowest BCUT2D eigenvalue weighted by Gasteiger charge is -2.35. The zero-order valence-corrected chi connectivity index (χ0v) is 16.2. The van der Waals surface area contributed by atoms with Crippen molar-refractivity contribution in [1.82, 2.24) is 9.80 Å². The molecule has 2 aromatic carbocycles. The summed E-state index contributed by atoms with van der Waals surface area (Å²) in [6.07, 6.45) is -3.62. The van der Waals surface area contributed by atoms with Crippen LogP contribution < -0.4 is 4.90 Å². The van der Waals surface area contributed by atoms with E-state index in [1.54, 1.807) is 6.07 Å². The Morgan fingerprint density at radius 2 is 1.71 bits per heavy atom. The van der Waals surface area contributed by atoms with Gasteiger partial charge in [0.15, 0.2) is 0 Å². The normalized spacial score (nSPS) is 20.1. The molecular formula is C21H24F3N3S. The monoisotopic (exact) mass is 411 g/mol. The Balaban J connectivity index is 1.47. The summed E-state index contributed by atoms with van der Waals surface area (Å²) in [6.45, 7) is 1.66. The van der Waals surface area contributed by atoms with E-state index in [1.807, 2.05) is 29.2 Å². The van der Waals surface area contributed by atoms with Crippen molar-refractivity contribution in [3.05, 3.63) is 48.0 Å².